The van der Waals surface area contributed by atoms with Crippen LogP contribution in [0.15, 0.2) is 32.5 Å². The van der Waals surface area contributed by atoms with Crippen molar-refractivity contribution in [1.29, 1.82) is 0 Å². The smallest absolute Gasteiger partial charge is 0.137 e. The fourth-order valence-corrected chi connectivity index (χ4v) is 4.28. The van der Waals surface area contributed by atoms with Crippen molar-refractivity contribution >= 4 is 43.2 Å². The number of nitrogens with one attached hydrogen (secondary N) is 1. The fourth-order valence-electron chi connectivity index (χ4n) is 2.13. The quantitative estimate of drug-likeness (QED) is 0.643. The molecule has 0 spiro atoms. The molecule has 1 aromatic heterocycles. The van der Waals surface area contributed by atoms with E-state index in [1.54, 1.807) is 11.3 Å². The molecule has 1 heterocycles. The Kier molecular flexibility index (Phi) is 5.78. The molecular weight excluding hydrogens is 405 g/mol. The minimum Gasteiger partial charge on any atom is -0.306 e. The van der Waals surface area contributed by atoms with Crippen LogP contribution in [0.25, 0.3) is 0 Å². The lowest BCUT2D eigenvalue weighted by molar-refractivity contribution is 0.590. The molecule has 0 saturated carbocycles. The van der Waals surface area contributed by atoms with Crippen molar-refractivity contribution < 1.29 is 4.39 Å². The Morgan fingerprint density at radius 1 is 1.30 bits per heavy atom. The standard InChI is InChI=1S/C15H16Br2FNS/c1-3-6-19-15(11-8-14(17)20-9(11)2)10-4-5-13(18)12(16)7-10/h4-5,7-8,15,19H,3,6H2,1-2H3. The molecule has 20 heavy (non-hydrogen) atoms. The molecule has 1 unspecified atom stereocenters. The highest BCUT2D eigenvalue weighted by Crippen LogP contribution is 2.34. The zero-order chi connectivity index (χ0) is 14.7. The van der Waals surface area contributed by atoms with E-state index in [0.29, 0.717) is 4.47 Å². The lowest BCUT2D eigenvalue weighted by Crippen LogP contribution is -2.23. The van der Waals surface area contributed by atoms with Crippen molar-refractivity contribution in [2.24, 2.45) is 0 Å². The van der Waals surface area contributed by atoms with Gasteiger partial charge in [-0.15, -0.1) is 11.3 Å². The lowest BCUT2D eigenvalue weighted by atomic mass is 9.99. The monoisotopic (exact) mass is 419 g/mol. The Morgan fingerprint density at radius 2 is 2.05 bits per heavy atom. The molecule has 1 N–H and O–H groups in total. The molecule has 5 heteroatoms. The number of hydrogen-bond acceptors (Lipinski definition) is 2. The number of benzene rings is 1. The van der Waals surface area contributed by atoms with Gasteiger partial charge in [-0.25, -0.2) is 4.39 Å². The first-order chi connectivity index (χ1) is 9.52. The third-order valence-corrected chi connectivity index (χ3v) is 5.29. The van der Waals surface area contributed by atoms with Crippen LogP contribution in [0.1, 0.15) is 35.4 Å². The van der Waals surface area contributed by atoms with Crippen LogP contribution in [0.5, 0.6) is 0 Å². The van der Waals surface area contributed by atoms with Crippen LogP contribution in [0.3, 0.4) is 0 Å². The molecule has 1 aromatic carbocycles. The molecular formula is C15H16Br2FNS. The van der Waals surface area contributed by atoms with Gasteiger partial charge in [0.2, 0.25) is 0 Å². The summed E-state index contributed by atoms with van der Waals surface area (Å²) in [4.78, 5) is 1.27. The van der Waals surface area contributed by atoms with Crippen LogP contribution in [-0.2, 0) is 0 Å². The third kappa shape index (κ3) is 3.70. The molecule has 0 bridgehead atoms. The first-order valence-electron chi connectivity index (χ1n) is 6.47. The van der Waals surface area contributed by atoms with Gasteiger partial charge >= 0.3 is 0 Å². The van der Waals surface area contributed by atoms with Gasteiger partial charge < -0.3 is 5.32 Å². The van der Waals surface area contributed by atoms with E-state index in [1.165, 1.54) is 16.5 Å². The summed E-state index contributed by atoms with van der Waals surface area (Å²) in [5, 5.41) is 3.55. The Hall–Kier alpha value is -0.230. The molecule has 0 fully saturated rings. The van der Waals surface area contributed by atoms with Gasteiger partial charge in [0.1, 0.15) is 5.82 Å². The highest BCUT2D eigenvalue weighted by atomic mass is 79.9. The van der Waals surface area contributed by atoms with Gasteiger partial charge in [-0.1, -0.05) is 13.0 Å². The van der Waals surface area contributed by atoms with Crippen molar-refractivity contribution in [1.82, 2.24) is 5.32 Å². The average molecular weight is 421 g/mol. The van der Waals surface area contributed by atoms with Gasteiger partial charge in [0.05, 0.1) is 14.3 Å². The predicted molar refractivity (Wildman–Crippen MR) is 91.0 cm³/mol. The van der Waals surface area contributed by atoms with Gasteiger partial charge in [-0.05, 0) is 81.1 Å². The first-order valence-corrected chi connectivity index (χ1v) is 8.87. The van der Waals surface area contributed by atoms with Gasteiger partial charge in [0, 0.05) is 4.88 Å². The summed E-state index contributed by atoms with van der Waals surface area (Å²) in [5.41, 5.74) is 2.31. The highest BCUT2D eigenvalue weighted by Gasteiger charge is 2.18. The van der Waals surface area contributed by atoms with Crippen molar-refractivity contribution in [2.75, 3.05) is 6.54 Å². The van der Waals surface area contributed by atoms with Crippen LogP contribution in [0.2, 0.25) is 0 Å². The van der Waals surface area contributed by atoms with Gasteiger partial charge in [-0.2, -0.15) is 0 Å². The van der Waals surface area contributed by atoms with E-state index in [2.05, 4.69) is 57.1 Å². The number of thiophene rings is 1. The zero-order valence-corrected chi connectivity index (χ0v) is 15.3. The first kappa shape index (κ1) is 16.1. The number of hydrogen-bond donors (Lipinski definition) is 1. The maximum Gasteiger partial charge on any atom is 0.137 e. The average Bonchev–Trinajstić information content (AvgIpc) is 2.73. The van der Waals surface area contributed by atoms with E-state index in [4.69, 9.17) is 0 Å². The van der Waals surface area contributed by atoms with Crippen LogP contribution in [0.4, 0.5) is 4.39 Å². The predicted octanol–water partition coefficient (Wildman–Crippen LogP) is 5.81. The summed E-state index contributed by atoms with van der Waals surface area (Å²) >= 11 is 8.53. The second-order valence-corrected chi connectivity index (χ2v) is 8.11. The molecule has 0 radical (unpaired) electrons. The van der Waals surface area contributed by atoms with E-state index in [1.807, 2.05) is 12.1 Å². The van der Waals surface area contributed by atoms with Gasteiger partial charge in [-0.3, -0.25) is 0 Å². The zero-order valence-electron chi connectivity index (χ0n) is 11.3. The summed E-state index contributed by atoms with van der Waals surface area (Å²) < 4.78 is 15.1. The molecule has 0 aliphatic carbocycles. The summed E-state index contributed by atoms with van der Waals surface area (Å²) in [7, 11) is 0. The van der Waals surface area contributed by atoms with E-state index in [-0.39, 0.29) is 11.9 Å². The number of aryl methyl sites for hydroxylation is 1. The summed E-state index contributed by atoms with van der Waals surface area (Å²) in [6.07, 6.45) is 1.06. The maximum absolute atomic E-state index is 13.4. The molecule has 2 aromatic rings. The summed E-state index contributed by atoms with van der Waals surface area (Å²) in [5.74, 6) is -0.230. The summed E-state index contributed by atoms with van der Waals surface area (Å²) in [6.45, 7) is 5.18. The minimum absolute atomic E-state index is 0.0920. The molecule has 0 aliphatic heterocycles. The molecule has 0 amide bonds. The number of rotatable bonds is 5. The Morgan fingerprint density at radius 3 is 2.60 bits per heavy atom. The molecule has 0 saturated heterocycles. The summed E-state index contributed by atoms with van der Waals surface area (Å²) in [6, 6.07) is 7.45. The molecule has 2 rings (SSSR count). The Balaban J connectivity index is 2.41. The van der Waals surface area contributed by atoms with E-state index in [0.717, 1.165) is 22.3 Å². The second-order valence-electron chi connectivity index (χ2n) is 4.62. The third-order valence-electron chi connectivity index (χ3n) is 3.11. The van der Waals surface area contributed by atoms with E-state index < -0.39 is 0 Å². The molecule has 1 nitrogen and oxygen atoms in total. The SMILES string of the molecule is CCCNC(c1ccc(F)c(Br)c1)c1cc(Br)sc1C. The topological polar surface area (TPSA) is 12.0 Å². The number of halogens is 3. The van der Waals surface area contributed by atoms with Crippen LogP contribution in [-0.4, -0.2) is 6.54 Å². The normalized spacial score (nSPS) is 12.7. The largest absolute Gasteiger partial charge is 0.306 e. The molecule has 108 valence electrons. The highest BCUT2D eigenvalue weighted by molar-refractivity contribution is 9.11. The molecule has 1 atom stereocenters. The van der Waals surface area contributed by atoms with Crippen molar-refractivity contribution in [3.63, 3.8) is 0 Å². The van der Waals surface area contributed by atoms with Gasteiger partial charge in [0.15, 0.2) is 0 Å². The Bertz CT molecular complexity index is 598. The fraction of sp³-hybridized carbons (Fsp3) is 0.333. The maximum atomic E-state index is 13.4. The van der Waals surface area contributed by atoms with Gasteiger partial charge in [0.25, 0.3) is 0 Å². The van der Waals surface area contributed by atoms with Crippen LogP contribution in [0, 0.1) is 12.7 Å². The van der Waals surface area contributed by atoms with E-state index >= 15 is 0 Å². The van der Waals surface area contributed by atoms with E-state index in [9.17, 15) is 4.39 Å². The van der Waals surface area contributed by atoms with Crippen molar-refractivity contribution in [2.45, 2.75) is 26.3 Å². The van der Waals surface area contributed by atoms with Crippen LogP contribution >= 0.6 is 43.2 Å². The van der Waals surface area contributed by atoms with Crippen molar-refractivity contribution in [3.8, 4) is 0 Å². The van der Waals surface area contributed by atoms with Crippen molar-refractivity contribution in [3.05, 3.63) is 54.3 Å². The lowest BCUT2D eigenvalue weighted by Gasteiger charge is -2.19. The minimum atomic E-state index is -0.230. The Labute approximate surface area is 139 Å². The van der Waals surface area contributed by atoms with Crippen LogP contribution < -0.4 is 5.32 Å². The second kappa shape index (κ2) is 7.16. The molecule has 0 aliphatic rings.